The Morgan fingerprint density at radius 3 is 2.52 bits per heavy atom. The van der Waals surface area contributed by atoms with Crippen molar-refractivity contribution >= 4 is 11.9 Å². The summed E-state index contributed by atoms with van der Waals surface area (Å²) in [6.45, 7) is 2.01. The Hall–Kier alpha value is -1.84. The van der Waals surface area contributed by atoms with Gasteiger partial charge in [0.05, 0.1) is 11.3 Å². The molecule has 3 rings (SSSR count). The highest BCUT2D eigenvalue weighted by Crippen LogP contribution is 2.46. The SMILES string of the molecule is CCCC(CC1(C(=O)N[C@@H]2C[C@@H]2c2ccccc2)CCCC1)C(=O)O. The molecule has 2 aliphatic carbocycles. The molecule has 2 fully saturated rings. The van der Waals surface area contributed by atoms with E-state index < -0.39 is 17.3 Å². The van der Waals surface area contributed by atoms with Gasteiger partial charge in [-0.05, 0) is 37.7 Å². The summed E-state index contributed by atoms with van der Waals surface area (Å²) in [4.78, 5) is 24.6. The first kappa shape index (κ1) is 18.0. The van der Waals surface area contributed by atoms with Gasteiger partial charge in [-0.25, -0.2) is 0 Å². The van der Waals surface area contributed by atoms with E-state index >= 15 is 0 Å². The maximum absolute atomic E-state index is 13.1. The van der Waals surface area contributed by atoms with Crippen LogP contribution in [0.5, 0.6) is 0 Å². The fourth-order valence-electron chi connectivity index (χ4n) is 4.45. The van der Waals surface area contributed by atoms with Crippen molar-refractivity contribution in [2.24, 2.45) is 11.3 Å². The molecular formula is C21H29NO3. The van der Waals surface area contributed by atoms with Gasteiger partial charge < -0.3 is 10.4 Å². The first-order valence-electron chi connectivity index (χ1n) is 9.64. The molecular weight excluding hydrogens is 314 g/mol. The number of benzene rings is 1. The van der Waals surface area contributed by atoms with E-state index in [9.17, 15) is 14.7 Å². The van der Waals surface area contributed by atoms with Crippen molar-refractivity contribution in [2.75, 3.05) is 0 Å². The lowest BCUT2D eigenvalue weighted by Gasteiger charge is -2.30. The smallest absolute Gasteiger partial charge is 0.306 e. The van der Waals surface area contributed by atoms with Gasteiger partial charge >= 0.3 is 5.97 Å². The van der Waals surface area contributed by atoms with Crippen LogP contribution in [0.15, 0.2) is 30.3 Å². The van der Waals surface area contributed by atoms with Crippen molar-refractivity contribution in [3.05, 3.63) is 35.9 Å². The van der Waals surface area contributed by atoms with Gasteiger partial charge in [0.25, 0.3) is 0 Å². The average molecular weight is 343 g/mol. The van der Waals surface area contributed by atoms with Crippen LogP contribution in [0.2, 0.25) is 0 Å². The predicted octanol–water partition coefficient (Wildman–Crippen LogP) is 4.11. The van der Waals surface area contributed by atoms with Crippen LogP contribution in [0.3, 0.4) is 0 Å². The Morgan fingerprint density at radius 2 is 1.92 bits per heavy atom. The van der Waals surface area contributed by atoms with E-state index in [2.05, 4.69) is 17.4 Å². The summed E-state index contributed by atoms with van der Waals surface area (Å²) >= 11 is 0. The van der Waals surface area contributed by atoms with Gasteiger partial charge in [0, 0.05) is 12.0 Å². The maximum Gasteiger partial charge on any atom is 0.306 e. The number of rotatable bonds is 8. The third kappa shape index (κ3) is 4.05. The van der Waals surface area contributed by atoms with E-state index in [1.807, 2.05) is 25.1 Å². The minimum atomic E-state index is -0.755. The molecule has 2 aliphatic rings. The standard InChI is InChI=1S/C21H29NO3/c1-2-8-16(19(23)24)14-21(11-6-7-12-21)20(25)22-18-13-17(18)15-9-4-3-5-10-15/h3-5,9-10,16-18H,2,6-8,11-14H2,1H3,(H,22,25)(H,23,24)/t16?,17-,18-/m1/s1. The Bertz CT molecular complexity index is 607. The molecule has 2 saturated carbocycles. The Kier molecular flexibility index (Phi) is 5.45. The van der Waals surface area contributed by atoms with Crippen molar-refractivity contribution in [2.45, 2.75) is 70.3 Å². The largest absolute Gasteiger partial charge is 0.481 e. The number of carboxylic acid groups (broad SMARTS) is 1. The molecule has 136 valence electrons. The molecule has 0 heterocycles. The molecule has 25 heavy (non-hydrogen) atoms. The van der Waals surface area contributed by atoms with Crippen molar-refractivity contribution in [1.82, 2.24) is 5.32 Å². The fourth-order valence-corrected chi connectivity index (χ4v) is 4.45. The summed E-state index contributed by atoms with van der Waals surface area (Å²) in [7, 11) is 0. The normalized spacial score (nSPS) is 25.3. The molecule has 1 aromatic rings. The lowest BCUT2D eigenvalue weighted by Crippen LogP contribution is -2.42. The second-order valence-corrected chi connectivity index (χ2v) is 7.85. The average Bonchev–Trinajstić information content (AvgIpc) is 3.20. The first-order chi connectivity index (χ1) is 12.1. The number of hydrogen-bond donors (Lipinski definition) is 2. The van der Waals surface area contributed by atoms with Crippen LogP contribution in [-0.4, -0.2) is 23.0 Å². The zero-order chi connectivity index (χ0) is 17.9. The first-order valence-corrected chi connectivity index (χ1v) is 9.64. The van der Waals surface area contributed by atoms with Crippen LogP contribution >= 0.6 is 0 Å². The molecule has 1 unspecified atom stereocenters. The summed E-state index contributed by atoms with van der Waals surface area (Å²) in [6, 6.07) is 10.5. The van der Waals surface area contributed by atoms with Crippen LogP contribution < -0.4 is 5.32 Å². The number of aliphatic carboxylic acids is 1. The molecule has 3 atom stereocenters. The van der Waals surface area contributed by atoms with E-state index in [0.29, 0.717) is 18.8 Å². The molecule has 0 saturated heterocycles. The van der Waals surface area contributed by atoms with E-state index in [1.165, 1.54) is 5.56 Å². The summed E-state index contributed by atoms with van der Waals surface area (Å²) in [5.41, 5.74) is 0.810. The van der Waals surface area contributed by atoms with Gasteiger partial charge in [-0.3, -0.25) is 9.59 Å². The molecule has 0 radical (unpaired) electrons. The highest BCUT2D eigenvalue weighted by Gasteiger charge is 2.47. The number of carboxylic acids is 1. The van der Waals surface area contributed by atoms with Gasteiger partial charge in [-0.1, -0.05) is 56.5 Å². The van der Waals surface area contributed by atoms with E-state index in [1.54, 1.807) is 0 Å². The van der Waals surface area contributed by atoms with Gasteiger partial charge in [0.2, 0.25) is 5.91 Å². The zero-order valence-corrected chi connectivity index (χ0v) is 15.0. The van der Waals surface area contributed by atoms with Crippen LogP contribution in [0.25, 0.3) is 0 Å². The van der Waals surface area contributed by atoms with Crippen molar-refractivity contribution < 1.29 is 14.7 Å². The molecule has 0 aromatic heterocycles. The van der Waals surface area contributed by atoms with Gasteiger partial charge in [0.1, 0.15) is 0 Å². The number of hydrogen-bond acceptors (Lipinski definition) is 2. The number of amides is 1. The van der Waals surface area contributed by atoms with Crippen LogP contribution in [-0.2, 0) is 9.59 Å². The van der Waals surface area contributed by atoms with Crippen LogP contribution in [0.4, 0.5) is 0 Å². The number of carbonyl (C=O) groups is 2. The quantitative estimate of drug-likeness (QED) is 0.746. The third-order valence-electron chi connectivity index (χ3n) is 6.00. The maximum atomic E-state index is 13.1. The predicted molar refractivity (Wildman–Crippen MR) is 97.3 cm³/mol. The summed E-state index contributed by atoms with van der Waals surface area (Å²) in [5, 5.41) is 12.8. The third-order valence-corrected chi connectivity index (χ3v) is 6.00. The number of nitrogens with one attached hydrogen (secondary N) is 1. The fraction of sp³-hybridized carbons (Fsp3) is 0.619. The highest BCUT2D eigenvalue weighted by atomic mass is 16.4. The highest BCUT2D eigenvalue weighted by molar-refractivity contribution is 5.84. The van der Waals surface area contributed by atoms with Gasteiger partial charge in [-0.2, -0.15) is 0 Å². The molecule has 0 aliphatic heterocycles. The zero-order valence-electron chi connectivity index (χ0n) is 15.0. The topological polar surface area (TPSA) is 66.4 Å². The Labute approximate surface area is 150 Å². The second-order valence-electron chi connectivity index (χ2n) is 7.85. The van der Waals surface area contributed by atoms with Gasteiger partial charge in [0.15, 0.2) is 0 Å². The van der Waals surface area contributed by atoms with Crippen molar-refractivity contribution in [1.29, 1.82) is 0 Å². The summed E-state index contributed by atoms with van der Waals surface area (Å²) < 4.78 is 0. The summed E-state index contributed by atoms with van der Waals surface area (Å²) in [5.74, 6) is -0.655. The molecule has 1 amide bonds. The Morgan fingerprint density at radius 1 is 1.24 bits per heavy atom. The van der Waals surface area contributed by atoms with E-state index in [4.69, 9.17) is 0 Å². The van der Waals surface area contributed by atoms with Crippen LogP contribution in [0, 0.1) is 11.3 Å². The molecule has 0 bridgehead atoms. The Balaban J connectivity index is 1.64. The molecule has 1 aromatic carbocycles. The van der Waals surface area contributed by atoms with E-state index in [-0.39, 0.29) is 11.9 Å². The molecule has 0 spiro atoms. The molecule has 4 nitrogen and oxygen atoms in total. The molecule has 4 heteroatoms. The minimum absolute atomic E-state index is 0.0933. The van der Waals surface area contributed by atoms with E-state index in [0.717, 1.165) is 38.5 Å². The molecule has 2 N–H and O–H groups in total. The minimum Gasteiger partial charge on any atom is -0.481 e. The van der Waals surface area contributed by atoms with Crippen molar-refractivity contribution in [3.63, 3.8) is 0 Å². The van der Waals surface area contributed by atoms with Crippen LogP contribution in [0.1, 0.15) is 69.8 Å². The summed E-state index contributed by atoms with van der Waals surface area (Å²) in [6.07, 6.45) is 6.68. The lowest BCUT2D eigenvalue weighted by molar-refractivity contribution is -0.144. The van der Waals surface area contributed by atoms with Crippen molar-refractivity contribution in [3.8, 4) is 0 Å². The second kappa shape index (κ2) is 7.59. The van der Waals surface area contributed by atoms with Gasteiger partial charge in [-0.15, -0.1) is 0 Å². The number of carbonyl (C=O) groups excluding carboxylic acids is 1. The lowest BCUT2D eigenvalue weighted by atomic mass is 9.75. The monoisotopic (exact) mass is 343 g/mol.